The lowest BCUT2D eigenvalue weighted by atomic mass is 10.1. The van der Waals surface area contributed by atoms with Crippen LogP contribution in [-0.4, -0.2) is 37.9 Å². The Hall–Kier alpha value is -2.66. The van der Waals surface area contributed by atoms with Gasteiger partial charge in [-0.1, -0.05) is 177 Å². The highest BCUT2D eigenvalue weighted by Crippen LogP contribution is 2.11. The standard InChI is InChI=1S/C45H76O5/c1-4-7-10-13-15-17-19-20-21-22-23-24-25-26-27-28-30-33-35-38-44(46)49-42-43(50-45(47)39-36-32-12-9-6-3)41-48-40-37-34-31-29-18-16-14-11-8-5-2/h7,10,15,17,20-21,23-24,26-27,30,33,43H,4-6,8-9,11-14,16,18-19,22,25,28-29,31-32,34-42H2,1-3H3/b10-7-,17-15-,21-20-,24-23-,27-26-,33-30-. The maximum atomic E-state index is 12.5. The molecule has 0 aromatic rings. The third-order valence-corrected chi connectivity index (χ3v) is 8.27. The van der Waals surface area contributed by atoms with Gasteiger partial charge in [-0.2, -0.15) is 0 Å². The van der Waals surface area contributed by atoms with E-state index in [1.807, 2.05) is 6.08 Å². The minimum atomic E-state index is -0.559. The molecular weight excluding hydrogens is 620 g/mol. The highest BCUT2D eigenvalue weighted by atomic mass is 16.6. The fourth-order valence-electron chi connectivity index (χ4n) is 5.24. The molecule has 5 heteroatoms. The number of hydrogen-bond donors (Lipinski definition) is 0. The zero-order valence-electron chi connectivity index (χ0n) is 32.6. The van der Waals surface area contributed by atoms with E-state index in [2.05, 4.69) is 87.6 Å². The second-order valence-corrected chi connectivity index (χ2v) is 13.2. The largest absolute Gasteiger partial charge is 0.462 e. The first kappa shape index (κ1) is 47.3. The van der Waals surface area contributed by atoms with Crippen molar-refractivity contribution in [1.29, 1.82) is 0 Å². The van der Waals surface area contributed by atoms with Crippen molar-refractivity contribution in [3.05, 3.63) is 72.9 Å². The minimum absolute atomic E-state index is 0.0438. The molecule has 0 spiro atoms. The van der Waals surface area contributed by atoms with E-state index in [-0.39, 0.29) is 25.2 Å². The summed E-state index contributed by atoms with van der Waals surface area (Å²) in [5.74, 6) is -0.511. The third kappa shape index (κ3) is 38.1. The van der Waals surface area contributed by atoms with Crippen molar-refractivity contribution in [2.24, 2.45) is 0 Å². The van der Waals surface area contributed by atoms with E-state index in [9.17, 15) is 9.59 Å². The average molecular weight is 697 g/mol. The number of rotatable bonds is 36. The van der Waals surface area contributed by atoms with E-state index in [1.165, 1.54) is 64.2 Å². The summed E-state index contributed by atoms with van der Waals surface area (Å²) < 4.78 is 17.0. The van der Waals surface area contributed by atoms with Gasteiger partial charge in [0.1, 0.15) is 6.61 Å². The van der Waals surface area contributed by atoms with Crippen molar-refractivity contribution in [1.82, 2.24) is 0 Å². The van der Waals surface area contributed by atoms with Crippen LogP contribution in [0.3, 0.4) is 0 Å². The van der Waals surface area contributed by atoms with E-state index in [1.54, 1.807) is 0 Å². The van der Waals surface area contributed by atoms with Crippen molar-refractivity contribution in [2.75, 3.05) is 19.8 Å². The molecule has 1 atom stereocenters. The van der Waals surface area contributed by atoms with Gasteiger partial charge in [-0.15, -0.1) is 0 Å². The Kier molecular flexibility index (Phi) is 38.6. The molecule has 0 aromatic carbocycles. The second kappa shape index (κ2) is 40.8. The second-order valence-electron chi connectivity index (χ2n) is 13.2. The average Bonchev–Trinajstić information content (AvgIpc) is 3.11. The van der Waals surface area contributed by atoms with Crippen LogP contribution in [-0.2, 0) is 23.8 Å². The van der Waals surface area contributed by atoms with Crippen LogP contribution in [0.25, 0.3) is 0 Å². The molecule has 0 amide bonds. The summed E-state index contributed by atoms with van der Waals surface area (Å²) in [5, 5.41) is 0. The molecule has 5 nitrogen and oxygen atoms in total. The van der Waals surface area contributed by atoms with Gasteiger partial charge in [0.25, 0.3) is 0 Å². The predicted molar refractivity (Wildman–Crippen MR) is 214 cm³/mol. The molecule has 50 heavy (non-hydrogen) atoms. The molecule has 0 heterocycles. The number of ether oxygens (including phenoxy) is 3. The zero-order valence-corrected chi connectivity index (χ0v) is 32.6. The number of carbonyl (C=O) groups is 2. The Labute approximate surface area is 308 Å². The molecule has 0 aliphatic rings. The molecule has 0 saturated heterocycles. The summed E-state index contributed by atoms with van der Waals surface area (Å²) >= 11 is 0. The van der Waals surface area contributed by atoms with E-state index >= 15 is 0 Å². The fourth-order valence-corrected chi connectivity index (χ4v) is 5.24. The Bertz CT molecular complexity index is 926. The molecule has 0 N–H and O–H groups in total. The first-order valence-electron chi connectivity index (χ1n) is 20.5. The van der Waals surface area contributed by atoms with E-state index < -0.39 is 6.10 Å². The summed E-state index contributed by atoms with van der Waals surface area (Å²) in [6, 6.07) is 0. The SMILES string of the molecule is CC/C=C\C/C=C\C/C=C\C/C=C\C/C=C\C/C=C\CCC(=O)OCC(COCCCCCCCCCCCC)OC(=O)CCCCCCC. The van der Waals surface area contributed by atoms with Crippen LogP contribution < -0.4 is 0 Å². The molecule has 0 bridgehead atoms. The molecule has 0 rings (SSSR count). The maximum absolute atomic E-state index is 12.5. The Balaban J connectivity index is 4.22. The molecule has 0 aliphatic carbocycles. The van der Waals surface area contributed by atoms with Gasteiger partial charge in [0.15, 0.2) is 6.10 Å². The number of hydrogen-bond acceptors (Lipinski definition) is 5. The van der Waals surface area contributed by atoms with Crippen molar-refractivity contribution < 1.29 is 23.8 Å². The van der Waals surface area contributed by atoms with Crippen LogP contribution in [0.4, 0.5) is 0 Å². The monoisotopic (exact) mass is 697 g/mol. The van der Waals surface area contributed by atoms with Gasteiger partial charge in [0, 0.05) is 19.4 Å². The van der Waals surface area contributed by atoms with Gasteiger partial charge >= 0.3 is 11.9 Å². The van der Waals surface area contributed by atoms with Crippen molar-refractivity contribution in [3.8, 4) is 0 Å². The Morgan fingerprint density at radius 1 is 0.460 bits per heavy atom. The predicted octanol–water partition coefficient (Wildman–Crippen LogP) is 13.2. The van der Waals surface area contributed by atoms with Crippen molar-refractivity contribution in [2.45, 2.75) is 181 Å². The molecule has 0 radical (unpaired) electrons. The van der Waals surface area contributed by atoms with E-state index in [0.717, 1.165) is 70.6 Å². The zero-order chi connectivity index (χ0) is 36.4. The molecule has 0 aromatic heterocycles. The number of unbranched alkanes of at least 4 members (excludes halogenated alkanes) is 13. The van der Waals surface area contributed by atoms with Crippen molar-refractivity contribution >= 4 is 11.9 Å². The molecule has 0 saturated carbocycles. The first-order valence-corrected chi connectivity index (χ1v) is 20.5. The lowest BCUT2D eigenvalue weighted by molar-refractivity contribution is -0.162. The molecule has 286 valence electrons. The molecular formula is C45H76O5. The Morgan fingerprint density at radius 2 is 0.900 bits per heavy atom. The summed E-state index contributed by atoms with van der Waals surface area (Å²) in [5.41, 5.74) is 0. The highest BCUT2D eigenvalue weighted by molar-refractivity contribution is 5.70. The first-order chi connectivity index (χ1) is 24.6. The maximum Gasteiger partial charge on any atom is 0.306 e. The van der Waals surface area contributed by atoms with Gasteiger partial charge in [0.05, 0.1) is 6.61 Å². The Morgan fingerprint density at radius 3 is 1.40 bits per heavy atom. The lowest BCUT2D eigenvalue weighted by Gasteiger charge is -2.18. The van der Waals surface area contributed by atoms with E-state index in [4.69, 9.17) is 14.2 Å². The summed E-state index contributed by atoms with van der Waals surface area (Å²) in [6.45, 7) is 7.53. The van der Waals surface area contributed by atoms with Crippen LogP contribution >= 0.6 is 0 Å². The normalized spacial score (nSPS) is 12.9. The highest BCUT2D eigenvalue weighted by Gasteiger charge is 2.17. The minimum Gasteiger partial charge on any atom is -0.462 e. The van der Waals surface area contributed by atoms with Crippen molar-refractivity contribution in [3.63, 3.8) is 0 Å². The molecule has 0 aliphatic heterocycles. The molecule has 1 unspecified atom stereocenters. The van der Waals surface area contributed by atoms with Crippen LogP contribution in [0, 0.1) is 0 Å². The summed E-state index contributed by atoms with van der Waals surface area (Å²) in [6.07, 6.45) is 50.7. The fraction of sp³-hybridized carbons (Fsp3) is 0.689. The smallest absolute Gasteiger partial charge is 0.306 e. The number of allylic oxidation sites excluding steroid dienone is 12. The number of esters is 2. The summed E-state index contributed by atoms with van der Waals surface area (Å²) in [7, 11) is 0. The van der Waals surface area contributed by atoms with Gasteiger partial charge in [-0.05, 0) is 57.8 Å². The van der Waals surface area contributed by atoms with Crippen LogP contribution in [0.1, 0.15) is 175 Å². The van der Waals surface area contributed by atoms with Crippen LogP contribution in [0.5, 0.6) is 0 Å². The molecule has 0 fully saturated rings. The van der Waals surface area contributed by atoms with Gasteiger partial charge in [-0.3, -0.25) is 9.59 Å². The van der Waals surface area contributed by atoms with Gasteiger partial charge in [0.2, 0.25) is 0 Å². The number of carbonyl (C=O) groups excluding carboxylic acids is 2. The van der Waals surface area contributed by atoms with Crippen LogP contribution in [0.2, 0.25) is 0 Å². The van der Waals surface area contributed by atoms with Crippen LogP contribution in [0.15, 0.2) is 72.9 Å². The van der Waals surface area contributed by atoms with Gasteiger partial charge < -0.3 is 14.2 Å². The lowest BCUT2D eigenvalue weighted by Crippen LogP contribution is -2.30. The quantitative estimate of drug-likeness (QED) is 0.0371. The third-order valence-electron chi connectivity index (χ3n) is 8.27. The van der Waals surface area contributed by atoms with Gasteiger partial charge in [-0.25, -0.2) is 0 Å². The van der Waals surface area contributed by atoms with E-state index in [0.29, 0.717) is 25.9 Å². The summed E-state index contributed by atoms with van der Waals surface area (Å²) in [4.78, 5) is 24.9. The topological polar surface area (TPSA) is 61.8 Å².